The van der Waals surface area contributed by atoms with E-state index in [0.29, 0.717) is 6.04 Å². The van der Waals surface area contributed by atoms with Crippen LogP contribution in [-0.2, 0) is 11.3 Å². The molecule has 0 amide bonds. The molecule has 112 valence electrons. The van der Waals surface area contributed by atoms with Crippen LogP contribution in [0.5, 0.6) is 0 Å². The predicted octanol–water partition coefficient (Wildman–Crippen LogP) is 2.76. The third-order valence-corrected chi connectivity index (χ3v) is 4.17. The first kappa shape index (κ1) is 14.3. The second kappa shape index (κ2) is 6.41. The average molecular weight is 285 g/mol. The molecule has 3 rings (SSSR count). The van der Waals surface area contributed by atoms with Gasteiger partial charge in [-0.2, -0.15) is 5.10 Å². The van der Waals surface area contributed by atoms with Gasteiger partial charge in [-0.1, -0.05) is 18.2 Å². The Morgan fingerprint density at radius 2 is 2.10 bits per heavy atom. The standard InChI is InChI=1S/C17H23N3O/c1-13-17(11-18-15-7-6-10-21-12-15)14(2)20(19-13)16-8-4-3-5-9-16/h3-5,8-9,15,18H,6-7,10-12H2,1-2H3. The minimum Gasteiger partial charge on any atom is -0.380 e. The monoisotopic (exact) mass is 285 g/mol. The zero-order valence-corrected chi connectivity index (χ0v) is 12.8. The van der Waals surface area contributed by atoms with E-state index >= 15 is 0 Å². The van der Waals surface area contributed by atoms with E-state index in [1.165, 1.54) is 17.7 Å². The van der Waals surface area contributed by atoms with Gasteiger partial charge in [0.15, 0.2) is 0 Å². The number of nitrogens with zero attached hydrogens (tertiary/aromatic N) is 2. The molecule has 1 aliphatic heterocycles. The van der Waals surface area contributed by atoms with Gasteiger partial charge in [0.2, 0.25) is 0 Å². The number of hydrogen-bond acceptors (Lipinski definition) is 3. The smallest absolute Gasteiger partial charge is 0.0648 e. The molecule has 1 aromatic carbocycles. The molecule has 2 heterocycles. The second-order valence-corrected chi connectivity index (χ2v) is 5.69. The van der Waals surface area contributed by atoms with E-state index in [2.05, 4.69) is 36.4 Å². The molecule has 4 nitrogen and oxygen atoms in total. The molecular formula is C17H23N3O. The highest BCUT2D eigenvalue weighted by atomic mass is 16.5. The van der Waals surface area contributed by atoms with Gasteiger partial charge in [0.05, 0.1) is 18.0 Å². The van der Waals surface area contributed by atoms with E-state index in [4.69, 9.17) is 4.74 Å². The highest BCUT2D eigenvalue weighted by Gasteiger charge is 2.16. The number of hydrogen-bond donors (Lipinski definition) is 1. The van der Waals surface area contributed by atoms with Crippen LogP contribution in [-0.4, -0.2) is 29.0 Å². The fraction of sp³-hybridized carbons (Fsp3) is 0.471. The van der Waals surface area contributed by atoms with Crippen molar-refractivity contribution in [3.63, 3.8) is 0 Å². The minimum atomic E-state index is 0.470. The summed E-state index contributed by atoms with van der Waals surface area (Å²) in [4.78, 5) is 0. The van der Waals surface area contributed by atoms with Crippen LogP contribution in [0.1, 0.15) is 29.8 Å². The molecule has 0 radical (unpaired) electrons. The van der Waals surface area contributed by atoms with Crippen LogP contribution in [0.2, 0.25) is 0 Å². The molecule has 1 unspecified atom stereocenters. The van der Waals surface area contributed by atoms with E-state index in [9.17, 15) is 0 Å². The Labute approximate surface area is 126 Å². The summed E-state index contributed by atoms with van der Waals surface area (Å²) in [5.74, 6) is 0. The first-order chi connectivity index (χ1) is 10.3. The third kappa shape index (κ3) is 3.17. The Balaban J connectivity index is 1.75. The molecule has 1 N–H and O–H groups in total. The van der Waals surface area contributed by atoms with Crippen molar-refractivity contribution in [2.24, 2.45) is 0 Å². The number of aryl methyl sites for hydroxylation is 1. The molecule has 21 heavy (non-hydrogen) atoms. The molecule has 0 spiro atoms. The lowest BCUT2D eigenvalue weighted by molar-refractivity contribution is 0.0699. The molecule has 1 atom stereocenters. The van der Waals surface area contributed by atoms with E-state index in [0.717, 1.165) is 37.6 Å². The summed E-state index contributed by atoms with van der Waals surface area (Å²) in [6.45, 7) is 6.81. The van der Waals surface area contributed by atoms with Gasteiger partial charge in [0.25, 0.3) is 0 Å². The number of para-hydroxylation sites is 1. The lowest BCUT2D eigenvalue weighted by Crippen LogP contribution is -2.36. The van der Waals surface area contributed by atoms with Gasteiger partial charge in [0, 0.05) is 30.5 Å². The topological polar surface area (TPSA) is 39.1 Å². The largest absolute Gasteiger partial charge is 0.380 e. The van der Waals surface area contributed by atoms with Crippen molar-refractivity contribution in [1.29, 1.82) is 0 Å². The highest BCUT2D eigenvalue weighted by molar-refractivity contribution is 5.36. The average Bonchev–Trinajstić information content (AvgIpc) is 2.82. The summed E-state index contributed by atoms with van der Waals surface area (Å²) in [6.07, 6.45) is 2.35. The van der Waals surface area contributed by atoms with Crippen molar-refractivity contribution < 1.29 is 4.74 Å². The van der Waals surface area contributed by atoms with Gasteiger partial charge < -0.3 is 10.1 Å². The maximum atomic E-state index is 5.52. The normalized spacial score (nSPS) is 18.9. The first-order valence-corrected chi connectivity index (χ1v) is 7.67. The van der Waals surface area contributed by atoms with Crippen LogP contribution in [0.15, 0.2) is 30.3 Å². The molecule has 1 aromatic heterocycles. The quantitative estimate of drug-likeness (QED) is 0.939. The van der Waals surface area contributed by atoms with Gasteiger partial charge in [-0.25, -0.2) is 4.68 Å². The first-order valence-electron chi connectivity index (χ1n) is 7.67. The number of aromatic nitrogens is 2. The Hall–Kier alpha value is -1.65. The summed E-state index contributed by atoms with van der Waals surface area (Å²) in [6, 6.07) is 10.8. The van der Waals surface area contributed by atoms with Crippen molar-refractivity contribution in [2.45, 2.75) is 39.3 Å². The van der Waals surface area contributed by atoms with Crippen LogP contribution in [0.4, 0.5) is 0 Å². The lowest BCUT2D eigenvalue weighted by atomic mass is 10.1. The maximum Gasteiger partial charge on any atom is 0.0648 e. The summed E-state index contributed by atoms with van der Waals surface area (Å²) >= 11 is 0. The van der Waals surface area contributed by atoms with Crippen LogP contribution in [0, 0.1) is 13.8 Å². The van der Waals surface area contributed by atoms with Crippen molar-refractivity contribution in [3.8, 4) is 5.69 Å². The Morgan fingerprint density at radius 3 is 2.81 bits per heavy atom. The lowest BCUT2D eigenvalue weighted by Gasteiger charge is -2.23. The third-order valence-electron chi connectivity index (χ3n) is 4.17. The molecule has 1 saturated heterocycles. The van der Waals surface area contributed by atoms with Crippen molar-refractivity contribution >= 4 is 0 Å². The molecular weight excluding hydrogens is 262 g/mol. The summed E-state index contributed by atoms with van der Waals surface area (Å²) < 4.78 is 7.55. The minimum absolute atomic E-state index is 0.470. The van der Waals surface area contributed by atoms with Gasteiger partial charge in [-0.15, -0.1) is 0 Å². The fourth-order valence-corrected chi connectivity index (χ4v) is 2.90. The van der Waals surface area contributed by atoms with Crippen molar-refractivity contribution in [3.05, 3.63) is 47.3 Å². The Morgan fingerprint density at radius 1 is 1.29 bits per heavy atom. The fourth-order valence-electron chi connectivity index (χ4n) is 2.90. The van der Waals surface area contributed by atoms with E-state index in [-0.39, 0.29) is 0 Å². The molecule has 0 aliphatic carbocycles. The predicted molar refractivity (Wildman–Crippen MR) is 83.7 cm³/mol. The van der Waals surface area contributed by atoms with E-state index in [1.807, 2.05) is 22.9 Å². The molecule has 0 bridgehead atoms. The van der Waals surface area contributed by atoms with Gasteiger partial charge in [-0.3, -0.25) is 0 Å². The van der Waals surface area contributed by atoms with E-state index < -0.39 is 0 Å². The maximum absolute atomic E-state index is 5.52. The molecule has 4 heteroatoms. The number of rotatable bonds is 4. The molecule has 1 aliphatic rings. The van der Waals surface area contributed by atoms with Crippen LogP contribution >= 0.6 is 0 Å². The Kier molecular flexibility index (Phi) is 4.36. The van der Waals surface area contributed by atoms with Crippen LogP contribution in [0.25, 0.3) is 5.69 Å². The van der Waals surface area contributed by atoms with Gasteiger partial charge >= 0.3 is 0 Å². The summed E-state index contributed by atoms with van der Waals surface area (Å²) in [7, 11) is 0. The van der Waals surface area contributed by atoms with Crippen LogP contribution < -0.4 is 5.32 Å². The SMILES string of the molecule is Cc1nn(-c2ccccc2)c(C)c1CNC1CCCOC1. The zero-order valence-electron chi connectivity index (χ0n) is 12.8. The number of ether oxygens (including phenoxy) is 1. The van der Waals surface area contributed by atoms with Crippen molar-refractivity contribution in [2.75, 3.05) is 13.2 Å². The van der Waals surface area contributed by atoms with E-state index in [1.54, 1.807) is 0 Å². The number of benzene rings is 1. The van der Waals surface area contributed by atoms with Gasteiger partial charge in [0.1, 0.15) is 0 Å². The van der Waals surface area contributed by atoms with Crippen molar-refractivity contribution in [1.82, 2.24) is 15.1 Å². The highest BCUT2D eigenvalue weighted by Crippen LogP contribution is 2.18. The summed E-state index contributed by atoms with van der Waals surface area (Å²) in [5.41, 5.74) is 4.72. The zero-order chi connectivity index (χ0) is 14.7. The molecule has 1 fully saturated rings. The van der Waals surface area contributed by atoms with Gasteiger partial charge in [-0.05, 0) is 38.8 Å². The Bertz CT molecular complexity index is 586. The summed E-state index contributed by atoms with van der Waals surface area (Å²) in [5, 5.41) is 8.30. The van der Waals surface area contributed by atoms with Crippen LogP contribution in [0.3, 0.4) is 0 Å². The second-order valence-electron chi connectivity index (χ2n) is 5.69. The molecule has 2 aromatic rings. The molecule has 0 saturated carbocycles. The number of nitrogens with one attached hydrogen (secondary N) is 1.